The van der Waals surface area contributed by atoms with Crippen LogP contribution in [0.2, 0.25) is 0 Å². The smallest absolute Gasteiger partial charge is 0.249 e. The second-order valence-corrected chi connectivity index (χ2v) is 6.89. The van der Waals surface area contributed by atoms with Gasteiger partial charge < -0.3 is 15.8 Å². The Labute approximate surface area is 133 Å². The quantitative estimate of drug-likeness (QED) is 0.852. The van der Waals surface area contributed by atoms with Crippen LogP contribution in [0.5, 0.6) is 0 Å². The highest BCUT2D eigenvalue weighted by Gasteiger charge is 2.45. The second kappa shape index (κ2) is 6.07. The highest BCUT2D eigenvalue weighted by molar-refractivity contribution is 9.10. The molecule has 21 heavy (non-hydrogen) atoms. The van der Waals surface area contributed by atoms with E-state index in [-0.39, 0.29) is 23.5 Å². The summed E-state index contributed by atoms with van der Waals surface area (Å²) in [6.07, 6.45) is 3.60. The average Bonchev–Trinajstić information content (AvgIpc) is 3.12. The zero-order chi connectivity index (χ0) is 14.9. The molecule has 0 bridgehead atoms. The van der Waals surface area contributed by atoms with Crippen molar-refractivity contribution in [3.05, 3.63) is 34.3 Å². The second-order valence-electron chi connectivity index (χ2n) is 6.04. The van der Waals surface area contributed by atoms with E-state index < -0.39 is 0 Å². The first-order valence-corrected chi connectivity index (χ1v) is 8.32. The highest BCUT2D eigenvalue weighted by Crippen LogP contribution is 2.49. The number of carbonyl (C=O) groups excluding carboxylic acids is 1. The zero-order valence-electron chi connectivity index (χ0n) is 12.0. The van der Waals surface area contributed by atoms with E-state index in [1.54, 1.807) is 0 Å². The number of nitrogens with two attached hydrogens (primary N) is 1. The van der Waals surface area contributed by atoms with Gasteiger partial charge in [-0.05, 0) is 37.3 Å². The van der Waals surface area contributed by atoms with E-state index in [1.165, 1.54) is 5.56 Å². The normalized spacial score (nSPS) is 26.6. The van der Waals surface area contributed by atoms with Crippen molar-refractivity contribution in [3.8, 4) is 0 Å². The lowest BCUT2D eigenvalue weighted by molar-refractivity contribution is -0.131. The van der Waals surface area contributed by atoms with E-state index in [0.717, 1.165) is 30.2 Å². The predicted octanol–water partition coefficient (Wildman–Crippen LogP) is 2.10. The molecule has 0 radical (unpaired) electrons. The third-order valence-corrected chi connectivity index (χ3v) is 5.25. The van der Waals surface area contributed by atoms with Crippen molar-refractivity contribution in [1.29, 1.82) is 0 Å². The predicted molar refractivity (Wildman–Crippen MR) is 85.0 cm³/mol. The largest absolute Gasteiger partial charge is 0.364 e. The Bertz CT molecular complexity index is 531. The van der Waals surface area contributed by atoms with E-state index in [0.29, 0.717) is 13.1 Å². The van der Waals surface area contributed by atoms with Crippen molar-refractivity contribution in [1.82, 2.24) is 5.32 Å². The van der Waals surface area contributed by atoms with Crippen molar-refractivity contribution in [2.45, 2.75) is 43.3 Å². The Kier molecular flexibility index (Phi) is 4.33. The molecule has 2 atom stereocenters. The molecule has 0 aromatic heterocycles. The Hall–Kier alpha value is -0.910. The number of ether oxygens (including phenoxy) is 1. The number of carbonyl (C=O) groups is 1. The number of amides is 1. The minimum absolute atomic E-state index is 0.00396. The maximum Gasteiger partial charge on any atom is 0.249 e. The summed E-state index contributed by atoms with van der Waals surface area (Å²) in [5.41, 5.74) is 6.97. The molecule has 0 unspecified atom stereocenters. The van der Waals surface area contributed by atoms with Crippen LogP contribution in [0.15, 0.2) is 28.7 Å². The number of hydrogen-bond donors (Lipinski definition) is 2. The summed E-state index contributed by atoms with van der Waals surface area (Å²) in [4.78, 5) is 12.2. The van der Waals surface area contributed by atoms with Gasteiger partial charge in [0.05, 0.1) is 6.10 Å². The van der Waals surface area contributed by atoms with Crippen molar-refractivity contribution in [3.63, 3.8) is 0 Å². The molecule has 1 heterocycles. The minimum Gasteiger partial charge on any atom is -0.364 e. The molecule has 2 aliphatic rings. The molecule has 1 aliphatic carbocycles. The molecule has 5 heteroatoms. The van der Waals surface area contributed by atoms with E-state index in [4.69, 9.17) is 10.5 Å². The van der Waals surface area contributed by atoms with E-state index in [9.17, 15) is 4.79 Å². The first-order valence-electron chi connectivity index (χ1n) is 7.53. The van der Waals surface area contributed by atoms with E-state index in [1.807, 2.05) is 12.1 Å². The van der Waals surface area contributed by atoms with Crippen LogP contribution < -0.4 is 11.1 Å². The van der Waals surface area contributed by atoms with Gasteiger partial charge in [-0.25, -0.2) is 0 Å². The average molecular weight is 353 g/mol. The van der Waals surface area contributed by atoms with Crippen molar-refractivity contribution < 1.29 is 9.53 Å². The molecule has 4 nitrogen and oxygen atoms in total. The molecule has 1 saturated heterocycles. The fourth-order valence-corrected chi connectivity index (χ4v) is 3.73. The molecular weight excluding hydrogens is 332 g/mol. The first-order chi connectivity index (χ1) is 10.1. The highest BCUT2D eigenvalue weighted by atomic mass is 79.9. The van der Waals surface area contributed by atoms with Gasteiger partial charge in [0, 0.05) is 23.0 Å². The van der Waals surface area contributed by atoms with Gasteiger partial charge in [-0.2, -0.15) is 0 Å². The van der Waals surface area contributed by atoms with Gasteiger partial charge in [0.25, 0.3) is 0 Å². The van der Waals surface area contributed by atoms with Gasteiger partial charge in [-0.15, -0.1) is 0 Å². The summed E-state index contributed by atoms with van der Waals surface area (Å²) >= 11 is 3.61. The summed E-state index contributed by atoms with van der Waals surface area (Å²) in [7, 11) is 0. The van der Waals surface area contributed by atoms with Crippen LogP contribution in [-0.2, 0) is 14.9 Å². The molecule has 1 aromatic carbocycles. The molecule has 3 N–H and O–H groups in total. The zero-order valence-corrected chi connectivity index (χ0v) is 13.6. The molecule has 1 amide bonds. The van der Waals surface area contributed by atoms with Crippen LogP contribution in [0.4, 0.5) is 0 Å². The molecule has 0 spiro atoms. The Morgan fingerprint density at radius 1 is 1.38 bits per heavy atom. The lowest BCUT2D eigenvalue weighted by Crippen LogP contribution is -2.39. The van der Waals surface area contributed by atoms with Gasteiger partial charge in [0.15, 0.2) is 0 Å². The van der Waals surface area contributed by atoms with Gasteiger partial charge in [-0.3, -0.25) is 4.79 Å². The van der Waals surface area contributed by atoms with Gasteiger partial charge in [-0.1, -0.05) is 34.1 Å². The molecule has 1 saturated carbocycles. The van der Waals surface area contributed by atoms with Crippen LogP contribution in [-0.4, -0.2) is 31.2 Å². The summed E-state index contributed by atoms with van der Waals surface area (Å²) < 4.78 is 6.76. The molecule has 114 valence electrons. The summed E-state index contributed by atoms with van der Waals surface area (Å²) in [5.74, 6) is 0.00396. The van der Waals surface area contributed by atoms with Crippen molar-refractivity contribution >= 4 is 21.8 Å². The molecular formula is C16H21BrN2O2. The molecule has 1 aliphatic heterocycles. The van der Waals surface area contributed by atoms with Crippen LogP contribution >= 0.6 is 15.9 Å². The van der Waals surface area contributed by atoms with E-state index >= 15 is 0 Å². The number of nitrogens with one attached hydrogen (secondary N) is 1. The van der Waals surface area contributed by atoms with Crippen LogP contribution in [0.1, 0.15) is 31.2 Å². The van der Waals surface area contributed by atoms with Crippen LogP contribution in [0, 0.1) is 0 Å². The third kappa shape index (κ3) is 3.15. The number of hydrogen-bond acceptors (Lipinski definition) is 3. The molecule has 3 rings (SSSR count). The minimum atomic E-state index is -0.325. The number of benzene rings is 1. The SMILES string of the molecule is NC[C@H]1CC[C@@H](C(=O)NCC2(c3ccccc3Br)CC2)O1. The van der Waals surface area contributed by atoms with Crippen molar-refractivity contribution in [2.75, 3.05) is 13.1 Å². The van der Waals surface area contributed by atoms with E-state index in [2.05, 4.69) is 33.4 Å². The van der Waals surface area contributed by atoms with Crippen LogP contribution in [0.3, 0.4) is 0 Å². The van der Waals surface area contributed by atoms with Gasteiger partial charge in [0.1, 0.15) is 6.10 Å². The molecule has 1 aromatic rings. The third-order valence-electron chi connectivity index (χ3n) is 4.56. The van der Waals surface area contributed by atoms with Gasteiger partial charge >= 0.3 is 0 Å². The lowest BCUT2D eigenvalue weighted by Gasteiger charge is -2.20. The molecule has 2 fully saturated rings. The van der Waals surface area contributed by atoms with Crippen LogP contribution in [0.25, 0.3) is 0 Å². The first kappa shape index (κ1) is 15.0. The Morgan fingerprint density at radius 3 is 2.76 bits per heavy atom. The standard InChI is InChI=1S/C16H21BrN2O2/c17-13-4-2-1-3-12(13)16(7-8-16)10-19-15(20)14-6-5-11(9-18)21-14/h1-4,11,14H,5-10,18H2,(H,19,20)/t11-,14+/m1/s1. The number of halogens is 1. The topological polar surface area (TPSA) is 64.4 Å². The Morgan fingerprint density at radius 2 is 2.14 bits per heavy atom. The summed E-state index contributed by atoms with van der Waals surface area (Å²) in [5, 5.41) is 3.07. The maximum absolute atomic E-state index is 12.2. The summed E-state index contributed by atoms with van der Waals surface area (Å²) in [6.45, 7) is 1.17. The van der Waals surface area contributed by atoms with Crippen molar-refractivity contribution in [2.24, 2.45) is 5.73 Å². The fourth-order valence-electron chi connectivity index (χ4n) is 3.03. The monoisotopic (exact) mass is 352 g/mol. The van der Waals surface area contributed by atoms with Gasteiger partial charge in [0.2, 0.25) is 5.91 Å². The summed E-state index contributed by atoms with van der Waals surface area (Å²) in [6, 6.07) is 8.26. The maximum atomic E-state index is 12.2. The number of rotatable bonds is 5. The Balaban J connectivity index is 1.58. The lowest BCUT2D eigenvalue weighted by atomic mass is 9.96. The fraction of sp³-hybridized carbons (Fsp3) is 0.562.